The Morgan fingerprint density at radius 1 is 1.19 bits per heavy atom. The van der Waals surface area contributed by atoms with Gasteiger partial charge in [-0.1, -0.05) is 6.42 Å². The molecule has 1 fully saturated rings. The van der Waals surface area contributed by atoms with E-state index in [0.29, 0.717) is 0 Å². The zero-order valence-corrected chi connectivity index (χ0v) is 12.1. The topological polar surface area (TPSA) is 12.0 Å². The number of halogens is 1. The summed E-state index contributed by atoms with van der Waals surface area (Å²) in [5.74, 6) is 0. The SMILES string of the molecule is CC(C)(CC[N+](C)(C)C1CCCCC1)NCl. The molecule has 1 saturated carbocycles. The number of quaternary nitrogens is 1. The van der Waals surface area contributed by atoms with Crippen molar-refractivity contribution in [2.45, 2.75) is 64.0 Å². The van der Waals surface area contributed by atoms with Crippen LogP contribution in [0.4, 0.5) is 0 Å². The summed E-state index contributed by atoms with van der Waals surface area (Å²) >= 11 is 5.75. The van der Waals surface area contributed by atoms with Gasteiger partial charge in [0.2, 0.25) is 0 Å². The minimum atomic E-state index is 0.0474. The van der Waals surface area contributed by atoms with Gasteiger partial charge in [-0.25, -0.2) is 4.84 Å². The third-order valence-corrected chi connectivity index (χ3v) is 4.64. The van der Waals surface area contributed by atoms with E-state index >= 15 is 0 Å². The van der Waals surface area contributed by atoms with Crippen molar-refractivity contribution in [3.05, 3.63) is 0 Å². The highest BCUT2D eigenvalue weighted by molar-refractivity contribution is 6.13. The second kappa shape index (κ2) is 5.70. The van der Waals surface area contributed by atoms with E-state index in [0.717, 1.165) is 16.9 Å². The van der Waals surface area contributed by atoms with Gasteiger partial charge in [0, 0.05) is 12.0 Å². The molecule has 96 valence electrons. The molecule has 0 aromatic rings. The Morgan fingerprint density at radius 2 is 1.75 bits per heavy atom. The zero-order valence-electron chi connectivity index (χ0n) is 11.4. The summed E-state index contributed by atoms with van der Waals surface area (Å²) in [6.45, 7) is 5.54. The van der Waals surface area contributed by atoms with E-state index in [4.69, 9.17) is 11.8 Å². The fraction of sp³-hybridized carbons (Fsp3) is 1.00. The van der Waals surface area contributed by atoms with Crippen LogP contribution in [-0.2, 0) is 0 Å². The van der Waals surface area contributed by atoms with Gasteiger partial charge in [-0.05, 0) is 51.3 Å². The van der Waals surface area contributed by atoms with E-state index in [1.54, 1.807) is 0 Å². The number of hydrogen-bond acceptors (Lipinski definition) is 1. The number of nitrogens with one attached hydrogen (secondary N) is 1. The third kappa shape index (κ3) is 4.23. The highest BCUT2D eigenvalue weighted by atomic mass is 35.5. The van der Waals surface area contributed by atoms with Crippen molar-refractivity contribution in [1.82, 2.24) is 4.84 Å². The monoisotopic (exact) mass is 247 g/mol. The van der Waals surface area contributed by atoms with E-state index in [9.17, 15) is 0 Å². The standard InChI is InChI=1S/C13H28ClN2/c1-13(2,15-14)10-11-16(3,4)12-8-6-5-7-9-12/h12,15H,5-11H2,1-4H3/q+1. The molecule has 1 aliphatic rings. The minimum Gasteiger partial charge on any atom is -0.326 e. The normalized spacial score (nSPS) is 20.1. The zero-order chi connectivity index (χ0) is 12.2. The molecular formula is C13H28ClN2+. The number of hydrogen-bond donors (Lipinski definition) is 1. The fourth-order valence-corrected chi connectivity index (χ4v) is 2.67. The van der Waals surface area contributed by atoms with Gasteiger partial charge in [0.25, 0.3) is 0 Å². The van der Waals surface area contributed by atoms with Crippen molar-refractivity contribution >= 4 is 11.8 Å². The molecule has 2 nitrogen and oxygen atoms in total. The van der Waals surface area contributed by atoms with Gasteiger partial charge in [-0.3, -0.25) is 0 Å². The second-order valence-electron chi connectivity index (χ2n) is 6.52. The van der Waals surface area contributed by atoms with Gasteiger partial charge >= 0.3 is 0 Å². The highest BCUT2D eigenvalue weighted by Crippen LogP contribution is 2.26. The summed E-state index contributed by atoms with van der Waals surface area (Å²) in [5, 5.41) is 0. The Morgan fingerprint density at radius 3 is 2.25 bits per heavy atom. The summed E-state index contributed by atoms with van der Waals surface area (Å²) in [6, 6.07) is 0.861. The molecule has 0 unspecified atom stereocenters. The molecule has 1 rings (SSSR count). The highest BCUT2D eigenvalue weighted by Gasteiger charge is 2.31. The molecule has 0 spiro atoms. The van der Waals surface area contributed by atoms with Gasteiger partial charge in [-0.15, -0.1) is 0 Å². The Hall–Kier alpha value is 0.210. The molecule has 0 aromatic heterocycles. The third-order valence-electron chi connectivity index (χ3n) is 4.13. The molecule has 0 heterocycles. The first-order chi connectivity index (χ1) is 7.37. The molecule has 0 atom stereocenters. The molecule has 0 aromatic carbocycles. The summed E-state index contributed by atoms with van der Waals surface area (Å²) in [4.78, 5) is 2.88. The van der Waals surface area contributed by atoms with Crippen LogP contribution >= 0.6 is 11.8 Å². The van der Waals surface area contributed by atoms with Crippen molar-refractivity contribution in [3.63, 3.8) is 0 Å². The lowest BCUT2D eigenvalue weighted by atomic mass is 9.92. The van der Waals surface area contributed by atoms with Crippen LogP contribution in [0.25, 0.3) is 0 Å². The Bertz CT molecular complexity index is 208. The van der Waals surface area contributed by atoms with Gasteiger partial charge in [0.05, 0.1) is 26.7 Å². The maximum absolute atomic E-state index is 5.75. The molecule has 0 saturated heterocycles. The largest absolute Gasteiger partial charge is 0.326 e. The van der Waals surface area contributed by atoms with Crippen molar-refractivity contribution in [1.29, 1.82) is 0 Å². The van der Waals surface area contributed by atoms with Crippen molar-refractivity contribution in [3.8, 4) is 0 Å². The summed E-state index contributed by atoms with van der Waals surface area (Å²) in [6.07, 6.45) is 8.21. The molecular weight excluding hydrogens is 220 g/mol. The number of nitrogens with zero attached hydrogens (tertiary/aromatic N) is 1. The van der Waals surface area contributed by atoms with Crippen molar-refractivity contribution in [2.24, 2.45) is 0 Å². The molecule has 1 N–H and O–H groups in total. The smallest absolute Gasteiger partial charge is 0.0886 e. The summed E-state index contributed by atoms with van der Waals surface area (Å²) in [5.41, 5.74) is 0.0474. The first-order valence-corrected chi connectivity index (χ1v) is 6.96. The van der Waals surface area contributed by atoms with Crippen LogP contribution in [0.15, 0.2) is 0 Å². The first kappa shape index (κ1) is 14.3. The first-order valence-electron chi connectivity index (χ1n) is 6.58. The molecule has 0 bridgehead atoms. The van der Waals surface area contributed by atoms with Crippen LogP contribution in [-0.4, -0.2) is 36.7 Å². The summed E-state index contributed by atoms with van der Waals surface area (Å²) in [7, 11) is 4.75. The molecule has 16 heavy (non-hydrogen) atoms. The van der Waals surface area contributed by atoms with E-state index in [-0.39, 0.29) is 5.54 Å². The fourth-order valence-electron chi connectivity index (χ4n) is 2.58. The molecule has 1 aliphatic carbocycles. The van der Waals surface area contributed by atoms with Crippen LogP contribution in [0.5, 0.6) is 0 Å². The average molecular weight is 248 g/mol. The van der Waals surface area contributed by atoms with Gasteiger partial charge in [0.1, 0.15) is 0 Å². The lowest BCUT2D eigenvalue weighted by molar-refractivity contribution is -0.917. The lowest BCUT2D eigenvalue weighted by Crippen LogP contribution is -2.52. The second-order valence-corrected chi connectivity index (χ2v) is 6.71. The molecule has 3 heteroatoms. The predicted octanol–water partition coefficient (Wildman–Crippen LogP) is 3.31. The van der Waals surface area contributed by atoms with Gasteiger partial charge < -0.3 is 4.48 Å². The van der Waals surface area contributed by atoms with Gasteiger partial charge in [0.15, 0.2) is 0 Å². The van der Waals surface area contributed by atoms with E-state index in [1.807, 2.05) is 0 Å². The quantitative estimate of drug-likeness (QED) is 0.581. The average Bonchev–Trinajstić information content (AvgIpc) is 2.28. The van der Waals surface area contributed by atoms with Gasteiger partial charge in [-0.2, -0.15) is 0 Å². The summed E-state index contributed by atoms with van der Waals surface area (Å²) < 4.78 is 1.15. The molecule has 0 aliphatic heterocycles. The minimum absolute atomic E-state index is 0.0474. The van der Waals surface area contributed by atoms with E-state index in [1.165, 1.54) is 38.6 Å². The lowest BCUT2D eigenvalue weighted by Gasteiger charge is -2.41. The van der Waals surface area contributed by atoms with E-state index < -0.39 is 0 Å². The van der Waals surface area contributed by atoms with Crippen molar-refractivity contribution < 1.29 is 4.48 Å². The van der Waals surface area contributed by atoms with Crippen molar-refractivity contribution in [2.75, 3.05) is 20.6 Å². The van der Waals surface area contributed by atoms with Crippen LogP contribution in [0, 0.1) is 0 Å². The van der Waals surface area contributed by atoms with Crippen LogP contribution in [0.2, 0.25) is 0 Å². The van der Waals surface area contributed by atoms with E-state index in [2.05, 4.69) is 32.8 Å². The Labute approximate surface area is 106 Å². The van der Waals surface area contributed by atoms with Crippen LogP contribution < -0.4 is 4.84 Å². The maximum Gasteiger partial charge on any atom is 0.0886 e. The molecule has 0 amide bonds. The predicted molar refractivity (Wildman–Crippen MR) is 71.5 cm³/mol. The molecule has 0 radical (unpaired) electrons. The maximum atomic E-state index is 5.75. The van der Waals surface area contributed by atoms with Crippen LogP contribution in [0.1, 0.15) is 52.4 Å². The Kier molecular flexibility index (Phi) is 5.09. The van der Waals surface area contributed by atoms with Crippen LogP contribution in [0.3, 0.4) is 0 Å². The Balaban J connectivity index is 2.43. The number of rotatable bonds is 5.